The lowest BCUT2D eigenvalue weighted by Gasteiger charge is -2.10. The van der Waals surface area contributed by atoms with Crippen molar-refractivity contribution in [3.63, 3.8) is 0 Å². The van der Waals surface area contributed by atoms with Crippen LogP contribution in [0.25, 0.3) is 145 Å². The van der Waals surface area contributed by atoms with Gasteiger partial charge in [0.15, 0.2) is 0 Å². The van der Waals surface area contributed by atoms with E-state index in [0.29, 0.717) is 5.69 Å². The second kappa shape index (κ2) is 33.6. The normalized spacial score (nSPS) is 11.3. The number of carbonyl (C=O) groups excluding carboxylic acids is 1. The summed E-state index contributed by atoms with van der Waals surface area (Å²) in [5, 5.41) is 8.61. The van der Waals surface area contributed by atoms with Gasteiger partial charge in [-0.2, -0.15) is 0 Å². The number of rotatable bonds is 16. The average Bonchev–Trinajstić information content (AvgIpc) is 1.01. The summed E-state index contributed by atoms with van der Waals surface area (Å²) in [7, 11) is 0. The van der Waals surface area contributed by atoms with Gasteiger partial charge in [-0.3, -0.25) is 42.3 Å². The Balaban J connectivity index is 0.000000112. The predicted molar refractivity (Wildman–Crippen MR) is 470 cm³/mol. The number of anilines is 1. The van der Waals surface area contributed by atoms with E-state index >= 15 is 0 Å². The number of imidazole rings is 4. The summed E-state index contributed by atoms with van der Waals surface area (Å²) in [4.78, 5) is 48.0. The summed E-state index contributed by atoms with van der Waals surface area (Å²) in [6.07, 6.45) is 27.4. The Morgan fingerprint density at radius 3 is 1.26 bits per heavy atom. The van der Waals surface area contributed by atoms with Crippen molar-refractivity contribution in [2.24, 2.45) is 0 Å². The number of ether oxygens (including phenoxy) is 3. The standard InChI is InChI=1S/C25H18N4O.3C25H21N3O/c30-25(22-8-4-5-14-26-22)28-21-11-9-18(10-12-21)20-13-15-29-23(17-27-24(29)16-20)19-6-2-1-3-7-19;1-17(2)29-23-7-5-18(6-8-23)20-10-12-28-24(16-27-25(28)14-20)21-4-3-19-9-11-26-15-22(19)13-21;1-17(2)29-20-9-7-18(8-10-20)19-12-14-28-24(16-27-25(28)15-19)22-11-13-26-23-6-4-3-5-21(22)23;1-17(2)29-21-9-7-18(8-10-21)19-11-12-28-24(16-27-25(28)13-19)23-15-26-14-20-5-3-4-6-22(20)23/h1-17H,(H,28,30);3*3-17H,1-2H3. The minimum Gasteiger partial charge on any atom is -0.491 e. The van der Waals surface area contributed by atoms with Crippen LogP contribution in [0.15, 0.2) is 360 Å². The summed E-state index contributed by atoms with van der Waals surface area (Å²) >= 11 is 0. The van der Waals surface area contributed by atoms with Crippen LogP contribution in [0.2, 0.25) is 0 Å². The Morgan fingerprint density at radius 2 is 0.744 bits per heavy atom. The van der Waals surface area contributed by atoms with Crippen molar-refractivity contribution >= 4 is 66.6 Å². The first-order valence-corrected chi connectivity index (χ1v) is 38.9. The van der Waals surface area contributed by atoms with Crippen LogP contribution in [0, 0.1) is 0 Å². The molecule has 117 heavy (non-hydrogen) atoms. The number of nitrogens with one attached hydrogen (secondary N) is 1. The third kappa shape index (κ3) is 16.7. The van der Waals surface area contributed by atoms with Crippen LogP contribution in [-0.2, 0) is 0 Å². The molecule has 0 saturated carbocycles. The lowest BCUT2D eigenvalue weighted by Crippen LogP contribution is -2.13. The molecule has 12 aromatic heterocycles. The topological polar surface area (TPSA) is 178 Å². The van der Waals surface area contributed by atoms with Gasteiger partial charge in [-0.25, -0.2) is 19.9 Å². The summed E-state index contributed by atoms with van der Waals surface area (Å²) in [5.74, 6) is 2.43. The molecule has 0 aliphatic rings. The molecule has 1 N–H and O–H groups in total. The lowest BCUT2D eigenvalue weighted by atomic mass is 10.1. The van der Waals surface area contributed by atoms with Crippen molar-refractivity contribution in [2.45, 2.75) is 59.9 Å². The van der Waals surface area contributed by atoms with Gasteiger partial charge >= 0.3 is 0 Å². The average molecular weight is 1530 g/mol. The molecular weight excluding hydrogens is 1450 g/mol. The first-order chi connectivity index (χ1) is 57.3. The molecule has 0 aliphatic heterocycles. The number of amides is 1. The highest BCUT2D eigenvalue weighted by Gasteiger charge is 2.17. The SMILES string of the molecule is CC(C)Oc1ccc(-c2ccn3c(-c4ccc5ccncc5c4)cnc3c2)cc1.CC(C)Oc1ccc(-c2ccn3c(-c4ccnc5ccccc45)cnc3c2)cc1.CC(C)Oc1ccc(-c2ccn3c(-c4cncc5ccccc45)cnc3c2)cc1.O=C(Nc1ccc(-c2ccn3c(-c4ccccc4)cnc3c2)cc1)c1ccccn1. The van der Waals surface area contributed by atoms with Crippen LogP contribution in [0.5, 0.6) is 17.2 Å². The number of pyridine rings is 8. The van der Waals surface area contributed by atoms with Crippen molar-refractivity contribution in [2.75, 3.05) is 5.32 Å². The Labute approximate surface area is 676 Å². The van der Waals surface area contributed by atoms with Gasteiger partial charge in [0.05, 0.1) is 71.4 Å². The monoisotopic (exact) mass is 1530 g/mol. The number of hydrogen-bond acceptors (Lipinski definition) is 12. The number of hydrogen-bond donors (Lipinski definition) is 1. The molecule has 17 heteroatoms. The number of aromatic nitrogens is 12. The van der Waals surface area contributed by atoms with Gasteiger partial charge < -0.3 is 19.5 Å². The van der Waals surface area contributed by atoms with E-state index in [4.69, 9.17) is 14.2 Å². The van der Waals surface area contributed by atoms with Crippen molar-refractivity contribution < 1.29 is 19.0 Å². The fourth-order valence-electron chi connectivity index (χ4n) is 14.4. The molecule has 0 atom stereocenters. The van der Waals surface area contributed by atoms with Crippen LogP contribution < -0.4 is 19.5 Å². The van der Waals surface area contributed by atoms with Crippen molar-refractivity contribution in [3.8, 4) is 107 Å². The predicted octanol–water partition coefficient (Wildman–Crippen LogP) is 23.3. The summed E-state index contributed by atoms with van der Waals surface area (Å²) in [5.41, 5.74) is 23.4. The maximum atomic E-state index is 12.3. The lowest BCUT2D eigenvalue weighted by molar-refractivity contribution is 0.102. The van der Waals surface area contributed by atoms with Crippen LogP contribution >= 0.6 is 0 Å². The molecular formula is C100H81N13O4. The zero-order valence-electron chi connectivity index (χ0n) is 65.3. The summed E-state index contributed by atoms with van der Waals surface area (Å²) in [6, 6.07) is 91.7. The number of nitrogens with zero attached hydrogens (tertiary/aromatic N) is 12. The van der Waals surface area contributed by atoms with E-state index in [2.05, 4.69) is 221 Å². The van der Waals surface area contributed by atoms with Crippen LogP contribution in [0.1, 0.15) is 52.0 Å². The second-order valence-corrected chi connectivity index (χ2v) is 29.1. The van der Waals surface area contributed by atoms with E-state index in [0.717, 1.165) is 157 Å². The zero-order chi connectivity index (χ0) is 79.7. The van der Waals surface area contributed by atoms with Gasteiger partial charge in [0.1, 0.15) is 45.5 Å². The maximum Gasteiger partial charge on any atom is 0.274 e. The molecule has 17 nitrogen and oxygen atoms in total. The number of benzene rings is 8. The van der Waals surface area contributed by atoms with E-state index in [-0.39, 0.29) is 24.2 Å². The van der Waals surface area contributed by atoms with E-state index in [1.54, 1.807) is 24.4 Å². The summed E-state index contributed by atoms with van der Waals surface area (Å²) in [6.45, 7) is 12.2. The number of para-hydroxylation sites is 1. The molecule has 0 fully saturated rings. The minimum atomic E-state index is -0.226. The first kappa shape index (κ1) is 74.5. The zero-order valence-corrected chi connectivity index (χ0v) is 65.3. The van der Waals surface area contributed by atoms with Crippen molar-refractivity contribution in [1.29, 1.82) is 0 Å². The molecule has 0 unspecified atom stereocenters. The van der Waals surface area contributed by atoms with Crippen molar-refractivity contribution in [3.05, 3.63) is 365 Å². The maximum absolute atomic E-state index is 12.3. The van der Waals surface area contributed by atoms with Crippen molar-refractivity contribution in [1.82, 2.24) is 57.5 Å². The van der Waals surface area contributed by atoms with Gasteiger partial charge in [-0.1, -0.05) is 140 Å². The molecule has 12 heterocycles. The smallest absolute Gasteiger partial charge is 0.274 e. The molecule has 0 aliphatic carbocycles. The molecule has 0 saturated heterocycles. The van der Waals surface area contributed by atoms with Gasteiger partial charge in [-0.15, -0.1) is 0 Å². The molecule has 0 bridgehead atoms. The highest BCUT2D eigenvalue weighted by atomic mass is 16.5. The molecule has 20 aromatic rings. The first-order valence-electron chi connectivity index (χ1n) is 38.9. The number of fused-ring (bicyclic) bond motifs is 7. The highest BCUT2D eigenvalue weighted by Crippen LogP contribution is 2.36. The highest BCUT2D eigenvalue weighted by molar-refractivity contribution is 6.03. The van der Waals surface area contributed by atoms with Gasteiger partial charge in [0, 0.05) is 106 Å². The second-order valence-electron chi connectivity index (χ2n) is 29.1. The molecule has 1 amide bonds. The third-order valence-corrected chi connectivity index (χ3v) is 20.0. The quantitative estimate of drug-likeness (QED) is 0.0970. The fraction of sp³-hybridized carbons (Fsp3) is 0.0900. The van der Waals surface area contributed by atoms with E-state index in [1.807, 2.05) is 219 Å². The fourth-order valence-corrected chi connectivity index (χ4v) is 14.4. The largest absolute Gasteiger partial charge is 0.491 e. The van der Waals surface area contributed by atoms with Gasteiger partial charge in [-0.05, 0) is 230 Å². The Kier molecular flexibility index (Phi) is 21.4. The minimum absolute atomic E-state index is 0.170. The molecule has 0 radical (unpaired) electrons. The van der Waals surface area contributed by atoms with Crippen LogP contribution in [0.3, 0.4) is 0 Å². The Hall–Kier alpha value is -15.2. The van der Waals surface area contributed by atoms with Crippen LogP contribution in [0.4, 0.5) is 5.69 Å². The van der Waals surface area contributed by atoms with Crippen LogP contribution in [-0.4, -0.2) is 81.7 Å². The van der Waals surface area contributed by atoms with E-state index in [9.17, 15) is 4.79 Å². The molecule has 8 aromatic carbocycles. The third-order valence-electron chi connectivity index (χ3n) is 20.0. The van der Waals surface area contributed by atoms with E-state index in [1.165, 1.54) is 10.8 Å². The van der Waals surface area contributed by atoms with Gasteiger partial charge in [0.25, 0.3) is 5.91 Å². The molecule has 0 spiro atoms. The van der Waals surface area contributed by atoms with E-state index < -0.39 is 0 Å². The summed E-state index contributed by atoms with van der Waals surface area (Å²) < 4.78 is 25.7. The number of carbonyl (C=O) groups is 1. The Bertz CT molecular complexity index is 6650. The Morgan fingerprint density at radius 1 is 0.299 bits per heavy atom. The molecule has 570 valence electrons. The molecule has 20 rings (SSSR count). The van der Waals surface area contributed by atoms with Gasteiger partial charge in [0.2, 0.25) is 0 Å².